The average molecular weight is 369 g/mol. The van der Waals surface area contributed by atoms with Gasteiger partial charge in [0.15, 0.2) is 5.78 Å². The van der Waals surface area contributed by atoms with E-state index in [9.17, 15) is 14.4 Å². The minimum atomic E-state index is -1.40. The predicted molar refractivity (Wildman–Crippen MR) is 95.5 cm³/mol. The molecule has 3 aromatic rings. The van der Waals surface area contributed by atoms with Crippen molar-refractivity contribution in [2.24, 2.45) is 10.2 Å². The number of ketones is 1. The second kappa shape index (κ2) is 7.11. The zero-order chi connectivity index (χ0) is 19.6. The van der Waals surface area contributed by atoms with E-state index in [1.165, 1.54) is 6.92 Å². The van der Waals surface area contributed by atoms with Crippen molar-refractivity contribution in [2.75, 3.05) is 11.1 Å². The summed E-state index contributed by atoms with van der Waals surface area (Å²) in [6, 6.07) is 3.34. The molecule has 1 unspecified atom stereocenters. The van der Waals surface area contributed by atoms with Crippen LogP contribution in [0.15, 0.2) is 33.2 Å². The molecule has 0 fully saturated rings. The summed E-state index contributed by atoms with van der Waals surface area (Å²) >= 11 is 0. The van der Waals surface area contributed by atoms with E-state index >= 15 is 0 Å². The number of benzene rings is 1. The Labute approximate surface area is 151 Å². The van der Waals surface area contributed by atoms with Gasteiger partial charge in [0.05, 0.1) is 11.0 Å². The fourth-order valence-electron chi connectivity index (χ4n) is 2.28. The molecule has 27 heavy (non-hydrogen) atoms. The smallest absolute Gasteiger partial charge is 0.323 e. The molecule has 0 bridgehead atoms. The number of nitrogens with two attached hydrogens (primary N) is 1. The number of hydrogen-bond donors (Lipinski definition) is 4. The van der Waals surface area contributed by atoms with Gasteiger partial charge in [-0.25, -0.2) is 4.79 Å². The summed E-state index contributed by atoms with van der Waals surface area (Å²) < 4.78 is 0. The van der Waals surface area contributed by atoms with E-state index in [1.807, 2.05) is 0 Å². The van der Waals surface area contributed by atoms with Gasteiger partial charge in [0.1, 0.15) is 5.82 Å². The second-order valence-corrected chi connectivity index (χ2v) is 5.60. The first kappa shape index (κ1) is 17.8. The third kappa shape index (κ3) is 4.18. The number of aryl methyl sites for hydroxylation is 1. The third-order valence-corrected chi connectivity index (χ3v) is 3.43. The van der Waals surface area contributed by atoms with Crippen molar-refractivity contribution in [2.45, 2.75) is 19.9 Å². The van der Waals surface area contributed by atoms with Crippen molar-refractivity contribution in [3.05, 3.63) is 34.5 Å². The van der Waals surface area contributed by atoms with Gasteiger partial charge in [-0.3, -0.25) is 9.59 Å². The molecular weight excluding hydrogens is 354 g/mol. The first-order valence-electron chi connectivity index (χ1n) is 7.74. The number of imidazole rings is 1. The van der Waals surface area contributed by atoms with Crippen LogP contribution in [0, 0.1) is 6.92 Å². The third-order valence-electron chi connectivity index (χ3n) is 3.43. The highest BCUT2D eigenvalue weighted by atomic mass is 16.2. The molecule has 12 nitrogen and oxygen atoms in total. The lowest BCUT2D eigenvalue weighted by molar-refractivity contribution is -0.126. The number of azo groups is 1. The van der Waals surface area contributed by atoms with Crippen LogP contribution in [0.25, 0.3) is 11.0 Å². The first-order valence-corrected chi connectivity index (χ1v) is 7.74. The van der Waals surface area contributed by atoms with E-state index in [4.69, 9.17) is 5.73 Å². The number of aromatic amines is 2. The largest absolute Gasteiger partial charge is 0.368 e. The Balaban J connectivity index is 1.80. The van der Waals surface area contributed by atoms with Crippen LogP contribution in [-0.2, 0) is 9.59 Å². The molecule has 2 aromatic heterocycles. The average Bonchev–Trinajstić information content (AvgIpc) is 2.93. The number of nitrogens with one attached hydrogen (secondary N) is 3. The maximum atomic E-state index is 12.4. The van der Waals surface area contributed by atoms with Gasteiger partial charge < -0.3 is 21.0 Å². The van der Waals surface area contributed by atoms with Crippen molar-refractivity contribution in [1.29, 1.82) is 0 Å². The minimum Gasteiger partial charge on any atom is -0.368 e. The van der Waals surface area contributed by atoms with Gasteiger partial charge in [-0.2, -0.15) is 20.1 Å². The zero-order valence-electron chi connectivity index (χ0n) is 14.3. The fraction of sp³-hybridized carbons (Fsp3) is 0.200. The number of hydrogen-bond acceptors (Lipinski definition) is 9. The van der Waals surface area contributed by atoms with Crippen LogP contribution in [0.5, 0.6) is 0 Å². The molecule has 0 aliphatic carbocycles. The van der Waals surface area contributed by atoms with Crippen molar-refractivity contribution < 1.29 is 9.59 Å². The van der Waals surface area contributed by atoms with Crippen LogP contribution in [-0.4, -0.2) is 42.7 Å². The quantitative estimate of drug-likeness (QED) is 0.375. The van der Waals surface area contributed by atoms with Gasteiger partial charge in [-0.15, -0.1) is 5.11 Å². The lowest BCUT2D eigenvalue weighted by Crippen LogP contribution is -2.31. The highest BCUT2D eigenvalue weighted by Gasteiger charge is 2.23. The van der Waals surface area contributed by atoms with Gasteiger partial charge >= 0.3 is 5.69 Å². The molecule has 0 radical (unpaired) electrons. The standard InChI is InChI=1S/C15H15N9O3/c1-6(25)11(23-24-14-18-7(2)17-13(16)22-14)12(26)19-8-3-4-9-10(5-8)21-15(27)20-9/h3-5,11H,1-2H3,(H,19,26)(H2,20,21,27)(H2,16,17,18,22)/b24-23+. The maximum Gasteiger partial charge on any atom is 0.323 e. The van der Waals surface area contributed by atoms with E-state index in [0.29, 0.717) is 22.5 Å². The number of Topliss-reactive ketones (excluding diaryl/α,β-unsaturated/α-hetero) is 1. The number of amides is 1. The Morgan fingerprint density at radius 2 is 1.93 bits per heavy atom. The summed E-state index contributed by atoms with van der Waals surface area (Å²) in [5, 5.41) is 10.00. The number of rotatable bonds is 5. The predicted octanol–water partition coefficient (Wildman–Crippen LogP) is 0.612. The normalized spacial score (nSPS) is 12.4. The van der Waals surface area contributed by atoms with E-state index in [2.05, 4.69) is 40.5 Å². The zero-order valence-corrected chi connectivity index (χ0v) is 14.3. The van der Waals surface area contributed by atoms with Gasteiger partial charge in [0, 0.05) is 5.69 Å². The molecule has 1 aromatic carbocycles. The highest BCUT2D eigenvalue weighted by Crippen LogP contribution is 2.16. The van der Waals surface area contributed by atoms with Crippen molar-refractivity contribution in [1.82, 2.24) is 24.9 Å². The molecule has 5 N–H and O–H groups in total. The van der Waals surface area contributed by atoms with Crippen LogP contribution < -0.4 is 16.7 Å². The molecule has 2 heterocycles. The SMILES string of the molecule is CC(=O)C(/N=N/c1nc(C)nc(N)n1)C(=O)Nc1ccc2[nH]c(=O)[nH]c2c1. The molecule has 0 spiro atoms. The molecule has 0 saturated carbocycles. The Morgan fingerprint density at radius 3 is 2.63 bits per heavy atom. The monoisotopic (exact) mass is 369 g/mol. The van der Waals surface area contributed by atoms with Crippen LogP contribution in [0.1, 0.15) is 12.7 Å². The number of aromatic nitrogens is 5. The van der Waals surface area contributed by atoms with Crippen LogP contribution in [0.2, 0.25) is 0 Å². The maximum absolute atomic E-state index is 12.4. The number of carbonyl (C=O) groups is 2. The summed E-state index contributed by atoms with van der Waals surface area (Å²) in [5.74, 6) is -1.04. The molecule has 0 aliphatic rings. The molecule has 1 amide bonds. The number of carbonyl (C=O) groups excluding carboxylic acids is 2. The summed E-state index contributed by atoms with van der Waals surface area (Å²) in [7, 11) is 0. The molecular formula is C15H15N9O3. The van der Waals surface area contributed by atoms with Crippen LogP contribution in [0.4, 0.5) is 17.6 Å². The van der Waals surface area contributed by atoms with Crippen molar-refractivity contribution in [3.8, 4) is 0 Å². The van der Waals surface area contributed by atoms with E-state index in [-0.39, 0.29) is 17.6 Å². The number of H-pyrrole nitrogens is 2. The summed E-state index contributed by atoms with van der Waals surface area (Å²) in [6.45, 7) is 2.80. The van der Waals surface area contributed by atoms with Gasteiger partial charge in [0.2, 0.25) is 12.0 Å². The second-order valence-electron chi connectivity index (χ2n) is 5.60. The van der Waals surface area contributed by atoms with E-state index in [0.717, 1.165) is 0 Å². The molecule has 0 saturated heterocycles. The Morgan fingerprint density at radius 1 is 1.19 bits per heavy atom. The lowest BCUT2D eigenvalue weighted by Gasteiger charge is -2.09. The van der Waals surface area contributed by atoms with E-state index in [1.54, 1.807) is 25.1 Å². The van der Waals surface area contributed by atoms with Crippen LogP contribution >= 0.6 is 0 Å². The van der Waals surface area contributed by atoms with Crippen molar-refractivity contribution >= 4 is 40.3 Å². The number of anilines is 2. The first-order chi connectivity index (χ1) is 12.8. The molecule has 1 atom stereocenters. The molecule has 3 rings (SSSR count). The van der Waals surface area contributed by atoms with Gasteiger partial charge in [0.25, 0.3) is 11.9 Å². The number of nitrogens with zero attached hydrogens (tertiary/aromatic N) is 5. The number of nitrogen functional groups attached to an aromatic ring is 1. The van der Waals surface area contributed by atoms with Gasteiger partial charge in [-0.1, -0.05) is 0 Å². The molecule has 12 heteroatoms. The van der Waals surface area contributed by atoms with Crippen LogP contribution in [0.3, 0.4) is 0 Å². The fourth-order valence-corrected chi connectivity index (χ4v) is 2.28. The molecule has 0 aliphatic heterocycles. The summed E-state index contributed by atoms with van der Waals surface area (Å²) in [6.07, 6.45) is 0. The Kier molecular flexibility index (Phi) is 4.70. The minimum absolute atomic E-state index is 0.0472. The summed E-state index contributed by atoms with van der Waals surface area (Å²) in [4.78, 5) is 52.1. The van der Waals surface area contributed by atoms with Gasteiger partial charge in [-0.05, 0) is 32.0 Å². The Bertz CT molecular complexity index is 1090. The summed E-state index contributed by atoms with van der Waals surface area (Å²) in [5.41, 5.74) is 6.61. The number of fused-ring (bicyclic) bond motifs is 1. The molecule has 138 valence electrons. The van der Waals surface area contributed by atoms with E-state index < -0.39 is 17.7 Å². The Hall–Kier alpha value is -3.96. The topological polar surface area (TPSA) is 184 Å². The van der Waals surface area contributed by atoms with Crippen molar-refractivity contribution in [3.63, 3.8) is 0 Å². The highest BCUT2D eigenvalue weighted by molar-refractivity contribution is 6.10. The lowest BCUT2D eigenvalue weighted by atomic mass is 10.2.